The highest BCUT2D eigenvalue weighted by Crippen LogP contribution is 2.48. The summed E-state index contributed by atoms with van der Waals surface area (Å²) < 4.78 is 11.0. The van der Waals surface area contributed by atoms with E-state index < -0.39 is 0 Å². The number of fused-ring (bicyclic) bond motifs is 2. The summed E-state index contributed by atoms with van der Waals surface area (Å²) in [5, 5.41) is 10.1. The van der Waals surface area contributed by atoms with Crippen LogP contribution in [0.15, 0.2) is 60.7 Å². The van der Waals surface area contributed by atoms with Crippen molar-refractivity contribution in [3.05, 3.63) is 94.0 Å². The predicted molar refractivity (Wildman–Crippen MR) is 144 cm³/mol. The first-order valence-corrected chi connectivity index (χ1v) is 13.5. The molecule has 0 spiro atoms. The lowest BCUT2D eigenvalue weighted by molar-refractivity contribution is -0.141. The Labute approximate surface area is 214 Å². The molecule has 4 nitrogen and oxygen atoms in total. The summed E-state index contributed by atoms with van der Waals surface area (Å²) in [4.78, 5) is 2.49. The highest BCUT2D eigenvalue weighted by atomic mass is 16.7. The van der Waals surface area contributed by atoms with Crippen LogP contribution in [0.4, 0.5) is 5.69 Å². The van der Waals surface area contributed by atoms with E-state index in [1.54, 1.807) is 14.2 Å². The molecular weight excluding hydrogens is 446 g/mol. The van der Waals surface area contributed by atoms with Crippen molar-refractivity contribution in [1.29, 1.82) is 0 Å². The third-order valence-electron chi connectivity index (χ3n) is 8.92. The van der Waals surface area contributed by atoms with Crippen molar-refractivity contribution in [1.82, 2.24) is 0 Å². The number of nitrogens with zero attached hydrogens (tertiary/aromatic N) is 1. The Kier molecular flexibility index (Phi) is 6.49. The number of aromatic hydroxyl groups is 1. The SMILES string of the molecule is COC(OC)C1CCN(c2ccc([C@@H]3c4ccc(O)cc4CC[C@@H]3c3ccc4c(c3)CC4)cc2)CC1. The zero-order valence-corrected chi connectivity index (χ0v) is 21.5. The predicted octanol–water partition coefficient (Wildman–Crippen LogP) is 6.19. The van der Waals surface area contributed by atoms with E-state index in [9.17, 15) is 5.11 Å². The van der Waals surface area contributed by atoms with Gasteiger partial charge in [-0.25, -0.2) is 0 Å². The third kappa shape index (κ3) is 4.31. The molecule has 0 bridgehead atoms. The van der Waals surface area contributed by atoms with E-state index in [0.717, 1.165) is 38.8 Å². The van der Waals surface area contributed by atoms with Gasteiger partial charge in [-0.15, -0.1) is 0 Å². The van der Waals surface area contributed by atoms with Crippen LogP contribution in [-0.2, 0) is 28.7 Å². The maximum atomic E-state index is 10.1. The van der Waals surface area contributed by atoms with E-state index in [4.69, 9.17) is 9.47 Å². The largest absolute Gasteiger partial charge is 0.508 e. The summed E-state index contributed by atoms with van der Waals surface area (Å²) in [6, 6.07) is 22.5. The standard InChI is InChI=1S/C32H37NO3/c1-35-32(36-2)23-15-17-33(18-16-23)27-10-7-22(8-11-27)31-29(25-6-4-21-3-5-24(21)19-25)13-9-26-20-28(34)12-14-30(26)31/h4,6-8,10-12,14,19-20,23,29,31-32,34H,3,5,9,13,15-18H2,1-2H3/t29-,31+/m1/s1. The zero-order chi connectivity index (χ0) is 24.6. The third-order valence-corrected chi connectivity index (χ3v) is 8.92. The smallest absolute Gasteiger partial charge is 0.159 e. The molecule has 0 aromatic heterocycles. The number of rotatable bonds is 6. The van der Waals surface area contributed by atoms with Crippen molar-refractivity contribution in [2.75, 3.05) is 32.2 Å². The van der Waals surface area contributed by atoms with Crippen molar-refractivity contribution >= 4 is 5.69 Å². The van der Waals surface area contributed by atoms with Gasteiger partial charge in [0.2, 0.25) is 0 Å². The quantitative estimate of drug-likeness (QED) is 0.425. The lowest BCUT2D eigenvalue weighted by Crippen LogP contribution is -2.39. The maximum absolute atomic E-state index is 10.1. The van der Waals surface area contributed by atoms with Gasteiger partial charge in [-0.05, 0) is 102 Å². The summed E-state index contributed by atoms with van der Waals surface area (Å²) in [5.41, 5.74) is 9.84. The molecule has 188 valence electrons. The van der Waals surface area contributed by atoms with Gasteiger partial charge in [0, 0.05) is 44.8 Å². The Balaban J connectivity index is 1.27. The first kappa shape index (κ1) is 23.6. The minimum atomic E-state index is -0.104. The number of methoxy groups -OCH3 is 2. The molecule has 2 atom stereocenters. The summed E-state index contributed by atoms with van der Waals surface area (Å²) in [6.45, 7) is 2.05. The molecule has 1 heterocycles. The average molecular weight is 484 g/mol. The molecule has 0 saturated carbocycles. The monoisotopic (exact) mass is 483 g/mol. The van der Waals surface area contributed by atoms with Crippen LogP contribution >= 0.6 is 0 Å². The number of piperidine rings is 1. The number of hydrogen-bond acceptors (Lipinski definition) is 4. The number of benzene rings is 3. The van der Waals surface area contributed by atoms with Crippen LogP contribution in [-0.4, -0.2) is 38.7 Å². The van der Waals surface area contributed by atoms with Gasteiger partial charge in [0.05, 0.1) is 0 Å². The van der Waals surface area contributed by atoms with Gasteiger partial charge in [-0.2, -0.15) is 0 Å². The van der Waals surface area contributed by atoms with E-state index >= 15 is 0 Å². The summed E-state index contributed by atoms with van der Waals surface area (Å²) >= 11 is 0. The highest BCUT2D eigenvalue weighted by Gasteiger charge is 2.33. The normalized spacial score (nSPS) is 21.7. The van der Waals surface area contributed by atoms with Gasteiger partial charge < -0.3 is 19.5 Å². The van der Waals surface area contributed by atoms with E-state index in [0.29, 0.717) is 23.5 Å². The number of phenolic OH excluding ortho intramolecular Hbond substituents is 1. The first-order valence-electron chi connectivity index (χ1n) is 13.5. The van der Waals surface area contributed by atoms with Crippen molar-refractivity contribution < 1.29 is 14.6 Å². The molecule has 1 fully saturated rings. The Morgan fingerprint density at radius 1 is 0.750 bits per heavy atom. The topological polar surface area (TPSA) is 41.9 Å². The fourth-order valence-corrected chi connectivity index (χ4v) is 6.83. The van der Waals surface area contributed by atoms with Gasteiger partial charge in [0.1, 0.15) is 5.75 Å². The minimum Gasteiger partial charge on any atom is -0.508 e. The minimum absolute atomic E-state index is 0.104. The molecule has 1 N–H and O–H groups in total. The van der Waals surface area contributed by atoms with Crippen molar-refractivity contribution in [3.8, 4) is 5.75 Å². The lowest BCUT2D eigenvalue weighted by atomic mass is 9.68. The van der Waals surface area contributed by atoms with E-state index in [2.05, 4.69) is 53.4 Å². The van der Waals surface area contributed by atoms with Crippen LogP contribution in [0.25, 0.3) is 0 Å². The number of ether oxygens (including phenoxy) is 2. The first-order chi connectivity index (χ1) is 17.6. The number of phenols is 1. The lowest BCUT2D eigenvalue weighted by Gasteiger charge is -2.37. The molecule has 0 amide bonds. The van der Waals surface area contributed by atoms with Gasteiger partial charge in [-0.1, -0.05) is 36.4 Å². The molecule has 3 aliphatic rings. The second-order valence-electron chi connectivity index (χ2n) is 10.8. The second kappa shape index (κ2) is 9.91. The van der Waals surface area contributed by atoms with Crippen molar-refractivity contribution in [2.24, 2.45) is 5.92 Å². The van der Waals surface area contributed by atoms with Crippen molar-refractivity contribution in [2.45, 2.75) is 56.7 Å². The molecule has 4 heteroatoms. The fraction of sp³-hybridized carbons (Fsp3) is 0.438. The summed E-state index contributed by atoms with van der Waals surface area (Å²) in [7, 11) is 3.47. The maximum Gasteiger partial charge on any atom is 0.159 e. The van der Waals surface area contributed by atoms with E-state index in [1.165, 1.54) is 51.9 Å². The molecule has 6 rings (SSSR count). The number of aryl methyl sites for hydroxylation is 3. The molecule has 36 heavy (non-hydrogen) atoms. The van der Waals surface area contributed by atoms with Crippen LogP contribution < -0.4 is 4.90 Å². The molecule has 1 saturated heterocycles. The van der Waals surface area contributed by atoms with Crippen LogP contribution in [0.5, 0.6) is 5.75 Å². The highest BCUT2D eigenvalue weighted by molar-refractivity contribution is 5.53. The van der Waals surface area contributed by atoms with Gasteiger partial charge in [-0.3, -0.25) is 0 Å². The zero-order valence-electron chi connectivity index (χ0n) is 21.5. The molecule has 2 aliphatic carbocycles. The number of anilines is 1. The average Bonchev–Trinajstić information content (AvgIpc) is 2.90. The van der Waals surface area contributed by atoms with Crippen LogP contribution in [0.2, 0.25) is 0 Å². The van der Waals surface area contributed by atoms with Crippen LogP contribution in [0.3, 0.4) is 0 Å². The Hall–Kier alpha value is -2.82. The molecule has 3 aromatic carbocycles. The Bertz CT molecular complexity index is 1210. The summed E-state index contributed by atoms with van der Waals surface area (Å²) in [5.74, 6) is 1.58. The Morgan fingerprint density at radius 2 is 1.47 bits per heavy atom. The molecular formula is C32H37NO3. The molecule has 1 aliphatic heterocycles. The van der Waals surface area contributed by atoms with Gasteiger partial charge >= 0.3 is 0 Å². The van der Waals surface area contributed by atoms with Crippen LogP contribution in [0, 0.1) is 5.92 Å². The Morgan fingerprint density at radius 3 is 2.14 bits per heavy atom. The molecule has 0 radical (unpaired) electrons. The molecule has 0 unspecified atom stereocenters. The molecule has 3 aromatic rings. The van der Waals surface area contributed by atoms with Gasteiger partial charge in [0.25, 0.3) is 0 Å². The summed E-state index contributed by atoms with van der Waals surface area (Å²) in [6.07, 6.45) is 6.61. The van der Waals surface area contributed by atoms with Crippen molar-refractivity contribution in [3.63, 3.8) is 0 Å². The number of hydrogen-bond donors (Lipinski definition) is 1. The van der Waals surface area contributed by atoms with E-state index in [-0.39, 0.29) is 6.29 Å². The van der Waals surface area contributed by atoms with Gasteiger partial charge in [0.15, 0.2) is 6.29 Å². The second-order valence-corrected chi connectivity index (χ2v) is 10.8. The van der Waals surface area contributed by atoms with Crippen LogP contribution in [0.1, 0.15) is 64.5 Å². The van der Waals surface area contributed by atoms with E-state index in [1.807, 2.05) is 12.1 Å². The fourth-order valence-electron chi connectivity index (χ4n) is 6.83.